The Hall–Kier alpha value is -2.47. The molecule has 2 aromatic carbocycles. The summed E-state index contributed by atoms with van der Waals surface area (Å²) in [5.41, 5.74) is 1.88. The van der Waals surface area contributed by atoms with E-state index in [0.29, 0.717) is 23.6 Å². The van der Waals surface area contributed by atoms with Crippen LogP contribution in [0.1, 0.15) is 12.0 Å². The maximum absolute atomic E-state index is 11.9. The molecule has 0 aliphatic rings. The summed E-state index contributed by atoms with van der Waals surface area (Å²) in [7, 11) is 1.35. The van der Waals surface area contributed by atoms with E-state index in [1.165, 1.54) is 24.4 Å². The number of hydrogen-bond donors (Lipinski definition) is 1. The highest BCUT2D eigenvalue weighted by Crippen LogP contribution is 2.23. The number of amides is 1. The molecule has 1 N–H and O–H groups in total. The molecule has 0 unspecified atom stereocenters. The highest BCUT2D eigenvalue weighted by atomic mass is 32.2. The standard InChI is InChI=1S/C19H21NO4S/c1-14-3-7-16(8-4-14)24-17-9-5-15(6-10-17)20-18(21)11-12-25-13-19(22)23-2/h3-10H,11-13H2,1-2H3,(H,20,21). The average molecular weight is 359 g/mol. The van der Waals surface area contributed by atoms with Crippen molar-refractivity contribution >= 4 is 29.3 Å². The molecule has 6 heteroatoms. The highest BCUT2D eigenvalue weighted by Gasteiger charge is 2.05. The Labute approximate surface area is 151 Å². The SMILES string of the molecule is COC(=O)CSCCC(=O)Nc1ccc(Oc2ccc(C)cc2)cc1. The van der Waals surface area contributed by atoms with Gasteiger partial charge in [-0.05, 0) is 43.3 Å². The molecule has 132 valence electrons. The van der Waals surface area contributed by atoms with Gasteiger partial charge in [-0.1, -0.05) is 17.7 Å². The third-order valence-electron chi connectivity index (χ3n) is 3.32. The Morgan fingerprint density at radius 3 is 2.20 bits per heavy atom. The molecule has 1 amide bonds. The van der Waals surface area contributed by atoms with Gasteiger partial charge in [0, 0.05) is 17.9 Å². The number of methoxy groups -OCH3 is 1. The fraction of sp³-hybridized carbons (Fsp3) is 0.263. The number of anilines is 1. The summed E-state index contributed by atoms with van der Waals surface area (Å²) < 4.78 is 10.3. The van der Waals surface area contributed by atoms with Gasteiger partial charge in [-0.25, -0.2) is 0 Å². The van der Waals surface area contributed by atoms with Gasteiger partial charge in [-0.15, -0.1) is 11.8 Å². The monoisotopic (exact) mass is 359 g/mol. The van der Waals surface area contributed by atoms with Crippen LogP contribution in [0.2, 0.25) is 0 Å². The summed E-state index contributed by atoms with van der Waals surface area (Å²) in [4.78, 5) is 22.8. The number of hydrogen-bond acceptors (Lipinski definition) is 5. The summed E-state index contributed by atoms with van der Waals surface area (Å²) in [6, 6.07) is 15.0. The molecule has 25 heavy (non-hydrogen) atoms. The average Bonchev–Trinajstić information content (AvgIpc) is 2.62. The number of nitrogens with one attached hydrogen (secondary N) is 1. The zero-order chi connectivity index (χ0) is 18.1. The summed E-state index contributed by atoms with van der Waals surface area (Å²) >= 11 is 1.37. The molecule has 0 aromatic heterocycles. The molecular weight excluding hydrogens is 338 g/mol. The van der Waals surface area contributed by atoms with Gasteiger partial charge in [-0.2, -0.15) is 0 Å². The van der Waals surface area contributed by atoms with Gasteiger partial charge < -0.3 is 14.8 Å². The Bertz CT molecular complexity index is 698. The van der Waals surface area contributed by atoms with Crippen LogP contribution in [0.25, 0.3) is 0 Å². The summed E-state index contributed by atoms with van der Waals surface area (Å²) in [5.74, 6) is 1.92. The summed E-state index contributed by atoms with van der Waals surface area (Å²) in [6.45, 7) is 2.02. The second kappa shape index (κ2) is 9.74. The van der Waals surface area contributed by atoms with Gasteiger partial charge in [0.05, 0.1) is 12.9 Å². The Morgan fingerprint density at radius 1 is 1.00 bits per heavy atom. The molecule has 0 fully saturated rings. The Morgan fingerprint density at radius 2 is 1.60 bits per heavy atom. The number of carbonyl (C=O) groups excluding carboxylic acids is 2. The number of aryl methyl sites for hydroxylation is 1. The number of esters is 1. The minimum Gasteiger partial charge on any atom is -0.468 e. The van der Waals surface area contributed by atoms with Crippen molar-refractivity contribution in [2.24, 2.45) is 0 Å². The van der Waals surface area contributed by atoms with Crippen molar-refractivity contribution in [3.05, 3.63) is 54.1 Å². The van der Waals surface area contributed by atoms with E-state index < -0.39 is 0 Å². The van der Waals surface area contributed by atoms with E-state index in [-0.39, 0.29) is 17.6 Å². The lowest BCUT2D eigenvalue weighted by Gasteiger charge is -2.08. The molecule has 0 saturated heterocycles. The van der Waals surface area contributed by atoms with E-state index in [1.54, 1.807) is 12.1 Å². The van der Waals surface area contributed by atoms with Crippen molar-refractivity contribution in [1.29, 1.82) is 0 Å². The number of ether oxygens (including phenoxy) is 2. The second-order valence-electron chi connectivity index (χ2n) is 5.37. The minimum absolute atomic E-state index is 0.0930. The number of thioether (sulfide) groups is 1. The zero-order valence-corrected chi connectivity index (χ0v) is 15.1. The van der Waals surface area contributed by atoms with Gasteiger partial charge in [0.1, 0.15) is 11.5 Å². The molecule has 0 aliphatic carbocycles. The maximum atomic E-state index is 11.9. The van der Waals surface area contributed by atoms with Crippen LogP contribution in [0.15, 0.2) is 48.5 Å². The predicted octanol–water partition coefficient (Wildman–Crippen LogP) is 4.02. The fourth-order valence-corrected chi connectivity index (χ4v) is 2.71. The lowest BCUT2D eigenvalue weighted by atomic mass is 10.2. The quantitative estimate of drug-likeness (QED) is 0.570. The van der Waals surface area contributed by atoms with Crippen LogP contribution < -0.4 is 10.1 Å². The van der Waals surface area contributed by atoms with Crippen molar-refractivity contribution in [1.82, 2.24) is 0 Å². The molecule has 0 atom stereocenters. The number of carbonyl (C=O) groups is 2. The molecule has 2 rings (SSSR count). The Kier molecular flexibility index (Phi) is 7.35. The molecule has 0 bridgehead atoms. The van der Waals surface area contributed by atoms with Crippen LogP contribution in [0.4, 0.5) is 5.69 Å². The summed E-state index contributed by atoms with van der Waals surface area (Å²) in [6.07, 6.45) is 0.337. The maximum Gasteiger partial charge on any atom is 0.315 e. The van der Waals surface area contributed by atoms with Crippen LogP contribution in [-0.4, -0.2) is 30.5 Å². The second-order valence-corrected chi connectivity index (χ2v) is 6.47. The van der Waals surface area contributed by atoms with E-state index in [0.717, 1.165) is 5.75 Å². The zero-order valence-electron chi connectivity index (χ0n) is 14.3. The molecule has 0 spiro atoms. The van der Waals surface area contributed by atoms with Gasteiger partial charge in [0.15, 0.2) is 0 Å². The normalized spacial score (nSPS) is 10.2. The van der Waals surface area contributed by atoms with Crippen molar-refractivity contribution in [3.63, 3.8) is 0 Å². The molecule has 0 saturated carbocycles. The first-order valence-electron chi connectivity index (χ1n) is 7.86. The minimum atomic E-state index is -0.283. The van der Waals surface area contributed by atoms with Crippen molar-refractivity contribution in [2.45, 2.75) is 13.3 Å². The summed E-state index contributed by atoms with van der Waals surface area (Å²) in [5, 5.41) is 2.82. The molecule has 0 aliphatic heterocycles. The van der Waals surface area contributed by atoms with Crippen LogP contribution in [0.3, 0.4) is 0 Å². The molecule has 2 aromatic rings. The van der Waals surface area contributed by atoms with Gasteiger partial charge in [0.2, 0.25) is 5.91 Å². The highest BCUT2D eigenvalue weighted by molar-refractivity contribution is 7.99. The first-order valence-corrected chi connectivity index (χ1v) is 9.01. The lowest BCUT2D eigenvalue weighted by molar-refractivity contribution is -0.137. The van der Waals surface area contributed by atoms with E-state index in [2.05, 4.69) is 10.1 Å². The first-order chi connectivity index (χ1) is 12.1. The molecular formula is C19H21NO4S. The molecule has 5 nitrogen and oxygen atoms in total. The smallest absolute Gasteiger partial charge is 0.315 e. The fourth-order valence-electron chi connectivity index (χ4n) is 1.95. The largest absolute Gasteiger partial charge is 0.468 e. The van der Waals surface area contributed by atoms with Gasteiger partial charge >= 0.3 is 5.97 Å². The van der Waals surface area contributed by atoms with Crippen LogP contribution >= 0.6 is 11.8 Å². The number of benzene rings is 2. The van der Waals surface area contributed by atoms with Crippen molar-refractivity contribution in [3.8, 4) is 11.5 Å². The topological polar surface area (TPSA) is 64.6 Å². The van der Waals surface area contributed by atoms with E-state index >= 15 is 0 Å². The van der Waals surface area contributed by atoms with Crippen molar-refractivity contribution in [2.75, 3.05) is 23.9 Å². The van der Waals surface area contributed by atoms with E-state index in [1.807, 2.05) is 43.3 Å². The third-order valence-corrected chi connectivity index (χ3v) is 4.25. The lowest BCUT2D eigenvalue weighted by Crippen LogP contribution is -2.13. The molecule has 0 heterocycles. The third kappa shape index (κ3) is 6.89. The van der Waals surface area contributed by atoms with E-state index in [4.69, 9.17) is 4.74 Å². The number of rotatable bonds is 8. The van der Waals surface area contributed by atoms with Gasteiger partial charge in [0.25, 0.3) is 0 Å². The van der Waals surface area contributed by atoms with Gasteiger partial charge in [-0.3, -0.25) is 9.59 Å². The van der Waals surface area contributed by atoms with Crippen LogP contribution in [-0.2, 0) is 14.3 Å². The molecule has 0 radical (unpaired) electrons. The Balaban J connectivity index is 1.76. The van der Waals surface area contributed by atoms with Crippen LogP contribution in [0, 0.1) is 6.92 Å². The van der Waals surface area contributed by atoms with Crippen LogP contribution in [0.5, 0.6) is 11.5 Å². The van der Waals surface area contributed by atoms with E-state index in [9.17, 15) is 9.59 Å². The first kappa shape index (κ1) is 18.9. The predicted molar refractivity (Wildman–Crippen MR) is 100 cm³/mol. The van der Waals surface area contributed by atoms with Crippen molar-refractivity contribution < 1.29 is 19.1 Å².